The highest BCUT2D eigenvalue weighted by Gasteiger charge is 2.21. The molecular weight excluding hydrogens is 160 g/mol. The normalized spacial score (nSPS) is 25.1. The molecule has 0 aromatic carbocycles. The monoisotopic (exact) mass is 182 g/mol. The first-order valence-electron chi connectivity index (χ1n) is 5.35. The summed E-state index contributed by atoms with van der Waals surface area (Å²) in [5.41, 5.74) is 5.43. The second-order valence-electron chi connectivity index (χ2n) is 4.14. The molecule has 2 N–H and O–H groups in total. The van der Waals surface area contributed by atoms with Crippen molar-refractivity contribution >= 4 is 0 Å². The molecule has 0 aliphatic carbocycles. The number of nitrogens with two attached hydrogens (primary N) is 1. The predicted molar refractivity (Wildman–Crippen MR) is 57.6 cm³/mol. The molecule has 1 saturated heterocycles. The topological polar surface area (TPSA) is 29.3 Å². The van der Waals surface area contributed by atoms with Gasteiger partial charge in [-0.2, -0.15) is 0 Å². The highest BCUT2D eigenvalue weighted by atomic mass is 15.2. The predicted octanol–water partition coefficient (Wildman–Crippen LogP) is 1.62. The molecule has 0 amide bonds. The zero-order valence-corrected chi connectivity index (χ0v) is 8.87. The van der Waals surface area contributed by atoms with Crippen molar-refractivity contribution in [2.45, 2.75) is 32.7 Å². The second kappa shape index (κ2) is 5.40. The molecule has 1 fully saturated rings. The van der Waals surface area contributed by atoms with Crippen LogP contribution in [0.4, 0.5) is 0 Å². The van der Waals surface area contributed by atoms with Crippen LogP contribution in [0.1, 0.15) is 26.7 Å². The molecule has 1 heterocycles. The SMILES string of the molecule is CC(C)N1CCC(/C=C\CCN)C1. The van der Waals surface area contributed by atoms with Crippen LogP contribution in [0.25, 0.3) is 0 Å². The van der Waals surface area contributed by atoms with Gasteiger partial charge in [-0.1, -0.05) is 12.2 Å². The van der Waals surface area contributed by atoms with Gasteiger partial charge < -0.3 is 10.6 Å². The highest BCUT2D eigenvalue weighted by Crippen LogP contribution is 2.19. The maximum atomic E-state index is 5.43. The highest BCUT2D eigenvalue weighted by molar-refractivity contribution is 4.94. The summed E-state index contributed by atoms with van der Waals surface area (Å²) in [5.74, 6) is 0.772. The molecule has 1 rings (SSSR count). The van der Waals surface area contributed by atoms with Crippen LogP contribution in [-0.2, 0) is 0 Å². The summed E-state index contributed by atoms with van der Waals surface area (Å²) < 4.78 is 0. The van der Waals surface area contributed by atoms with E-state index in [1.807, 2.05) is 0 Å². The van der Waals surface area contributed by atoms with Gasteiger partial charge in [0.1, 0.15) is 0 Å². The van der Waals surface area contributed by atoms with E-state index in [0.29, 0.717) is 6.04 Å². The van der Waals surface area contributed by atoms with Crippen LogP contribution >= 0.6 is 0 Å². The van der Waals surface area contributed by atoms with Gasteiger partial charge in [0.15, 0.2) is 0 Å². The third-order valence-corrected chi connectivity index (χ3v) is 2.73. The molecule has 0 spiro atoms. The Morgan fingerprint density at radius 1 is 1.54 bits per heavy atom. The summed E-state index contributed by atoms with van der Waals surface area (Å²) >= 11 is 0. The van der Waals surface area contributed by atoms with E-state index in [2.05, 4.69) is 30.9 Å². The fourth-order valence-electron chi connectivity index (χ4n) is 1.83. The average molecular weight is 182 g/mol. The van der Waals surface area contributed by atoms with E-state index in [0.717, 1.165) is 18.9 Å². The Kier molecular flexibility index (Phi) is 4.46. The molecule has 1 aliphatic rings. The summed E-state index contributed by atoms with van der Waals surface area (Å²) in [6.45, 7) is 7.81. The molecule has 2 heteroatoms. The van der Waals surface area contributed by atoms with Gasteiger partial charge >= 0.3 is 0 Å². The molecule has 2 nitrogen and oxygen atoms in total. The third-order valence-electron chi connectivity index (χ3n) is 2.73. The lowest BCUT2D eigenvalue weighted by atomic mass is 10.1. The van der Waals surface area contributed by atoms with Crippen molar-refractivity contribution in [3.8, 4) is 0 Å². The van der Waals surface area contributed by atoms with Gasteiger partial charge in [-0.15, -0.1) is 0 Å². The van der Waals surface area contributed by atoms with Gasteiger partial charge in [0, 0.05) is 12.6 Å². The lowest BCUT2D eigenvalue weighted by molar-refractivity contribution is 0.270. The maximum Gasteiger partial charge on any atom is 0.00475 e. The van der Waals surface area contributed by atoms with E-state index in [-0.39, 0.29) is 0 Å². The van der Waals surface area contributed by atoms with Gasteiger partial charge in [-0.05, 0) is 45.7 Å². The van der Waals surface area contributed by atoms with E-state index >= 15 is 0 Å². The van der Waals surface area contributed by atoms with Crippen LogP contribution in [0.2, 0.25) is 0 Å². The number of likely N-dealkylation sites (tertiary alicyclic amines) is 1. The van der Waals surface area contributed by atoms with Crippen molar-refractivity contribution in [1.82, 2.24) is 4.90 Å². The van der Waals surface area contributed by atoms with Crippen molar-refractivity contribution in [3.63, 3.8) is 0 Å². The summed E-state index contributed by atoms with van der Waals surface area (Å²) in [6, 6.07) is 0.702. The molecule has 76 valence electrons. The number of nitrogens with zero attached hydrogens (tertiary/aromatic N) is 1. The summed E-state index contributed by atoms with van der Waals surface area (Å²) in [7, 11) is 0. The minimum Gasteiger partial charge on any atom is -0.330 e. The third kappa shape index (κ3) is 3.49. The Labute approximate surface area is 81.8 Å². The van der Waals surface area contributed by atoms with E-state index in [4.69, 9.17) is 5.73 Å². The Morgan fingerprint density at radius 2 is 2.31 bits per heavy atom. The number of hydrogen-bond donors (Lipinski definition) is 1. The van der Waals surface area contributed by atoms with Crippen molar-refractivity contribution in [3.05, 3.63) is 12.2 Å². The van der Waals surface area contributed by atoms with Crippen LogP contribution in [0.3, 0.4) is 0 Å². The summed E-state index contributed by atoms with van der Waals surface area (Å²) in [4.78, 5) is 2.54. The molecule has 1 aliphatic heterocycles. The minimum atomic E-state index is 0.702. The van der Waals surface area contributed by atoms with Gasteiger partial charge in [-0.25, -0.2) is 0 Å². The van der Waals surface area contributed by atoms with Gasteiger partial charge in [0.2, 0.25) is 0 Å². The number of rotatable bonds is 4. The van der Waals surface area contributed by atoms with Crippen LogP contribution in [0, 0.1) is 5.92 Å². The van der Waals surface area contributed by atoms with E-state index in [1.54, 1.807) is 0 Å². The van der Waals surface area contributed by atoms with E-state index in [1.165, 1.54) is 19.5 Å². The zero-order valence-electron chi connectivity index (χ0n) is 8.87. The molecule has 0 aromatic heterocycles. The molecule has 1 atom stereocenters. The molecule has 0 radical (unpaired) electrons. The first-order chi connectivity index (χ1) is 6.24. The lowest BCUT2D eigenvalue weighted by Crippen LogP contribution is -2.27. The standard InChI is InChI=1S/C11H22N2/c1-10(2)13-8-6-11(9-13)5-3-4-7-12/h3,5,10-11H,4,6-9,12H2,1-2H3/b5-3-. The number of hydrogen-bond acceptors (Lipinski definition) is 2. The van der Waals surface area contributed by atoms with E-state index in [9.17, 15) is 0 Å². The fraction of sp³-hybridized carbons (Fsp3) is 0.818. The first-order valence-corrected chi connectivity index (χ1v) is 5.35. The second-order valence-corrected chi connectivity index (χ2v) is 4.14. The zero-order chi connectivity index (χ0) is 9.68. The molecule has 1 unspecified atom stereocenters. The molecule has 0 aromatic rings. The van der Waals surface area contributed by atoms with Crippen LogP contribution in [0.5, 0.6) is 0 Å². The minimum absolute atomic E-state index is 0.702. The Hall–Kier alpha value is -0.340. The Bertz CT molecular complexity index is 163. The van der Waals surface area contributed by atoms with Crippen LogP contribution in [-0.4, -0.2) is 30.6 Å². The van der Waals surface area contributed by atoms with Crippen molar-refractivity contribution < 1.29 is 0 Å². The smallest absolute Gasteiger partial charge is 0.00475 e. The molecule has 13 heavy (non-hydrogen) atoms. The quantitative estimate of drug-likeness (QED) is 0.669. The van der Waals surface area contributed by atoms with Crippen LogP contribution in [0.15, 0.2) is 12.2 Å². The van der Waals surface area contributed by atoms with Gasteiger partial charge in [-0.3, -0.25) is 0 Å². The van der Waals surface area contributed by atoms with Crippen LogP contribution < -0.4 is 5.73 Å². The lowest BCUT2D eigenvalue weighted by Gasteiger charge is -2.19. The summed E-state index contributed by atoms with van der Waals surface area (Å²) in [6.07, 6.45) is 6.92. The largest absolute Gasteiger partial charge is 0.330 e. The Morgan fingerprint density at radius 3 is 2.85 bits per heavy atom. The van der Waals surface area contributed by atoms with Gasteiger partial charge in [0.05, 0.1) is 0 Å². The maximum absolute atomic E-state index is 5.43. The van der Waals surface area contributed by atoms with Crippen molar-refractivity contribution in [2.75, 3.05) is 19.6 Å². The Balaban J connectivity index is 2.24. The fourth-order valence-corrected chi connectivity index (χ4v) is 1.83. The molecule has 0 bridgehead atoms. The summed E-state index contributed by atoms with van der Waals surface area (Å²) in [5, 5.41) is 0. The molecule has 0 saturated carbocycles. The average Bonchev–Trinajstić information content (AvgIpc) is 2.53. The first kappa shape index (κ1) is 10.7. The van der Waals surface area contributed by atoms with E-state index < -0.39 is 0 Å². The van der Waals surface area contributed by atoms with Crippen molar-refractivity contribution in [2.24, 2.45) is 11.7 Å². The molecular formula is C11H22N2. The van der Waals surface area contributed by atoms with Gasteiger partial charge in [0.25, 0.3) is 0 Å². The van der Waals surface area contributed by atoms with Crippen molar-refractivity contribution in [1.29, 1.82) is 0 Å².